The first-order valence-corrected chi connectivity index (χ1v) is 8.04. The van der Waals surface area contributed by atoms with Gasteiger partial charge in [-0.1, -0.05) is 13.8 Å². The van der Waals surface area contributed by atoms with Crippen molar-refractivity contribution in [1.82, 2.24) is 4.90 Å². The van der Waals surface area contributed by atoms with E-state index >= 15 is 0 Å². The lowest BCUT2D eigenvalue weighted by Gasteiger charge is -2.34. The van der Waals surface area contributed by atoms with Gasteiger partial charge in [-0.05, 0) is 42.5 Å². The van der Waals surface area contributed by atoms with Crippen LogP contribution in [0.25, 0.3) is 0 Å². The Bertz CT molecular complexity index is 611. The van der Waals surface area contributed by atoms with Crippen LogP contribution in [0.15, 0.2) is 24.3 Å². The van der Waals surface area contributed by atoms with Gasteiger partial charge < -0.3 is 14.4 Å². The Labute approximate surface area is 142 Å². The van der Waals surface area contributed by atoms with E-state index in [1.807, 2.05) is 6.07 Å². The number of hydrogen-bond acceptors (Lipinski definition) is 5. The van der Waals surface area contributed by atoms with Crippen LogP contribution >= 0.6 is 0 Å². The highest BCUT2D eigenvalue weighted by atomic mass is 16.6. The number of hydrogen-bond donors (Lipinski definition) is 0. The number of esters is 1. The van der Waals surface area contributed by atoms with Crippen LogP contribution in [-0.2, 0) is 14.3 Å². The molecule has 0 aromatic heterocycles. The molecule has 0 aliphatic carbocycles. The molecule has 2 rings (SSSR count). The van der Waals surface area contributed by atoms with E-state index in [-0.39, 0.29) is 19.1 Å². The van der Waals surface area contributed by atoms with Gasteiger partial charge in [0.2, 0.25) is 0 Å². The van der Waals surface area contributed by atoms with Gasteiger partial charge >= 0.3 is 5.97 Å². The van der Waals surface area contributed by atoms with Gasteiger partial charge in [0.25, 0.3) is 5.91 Å². The molecule has 1 aromatic carbocycles. The number of piperidine rings is 1. The van der Waals surface area contributed by atoms with Crippen LogP contribution in [0.1, 0.15) is 25.8 Å². The maximum atomic E-state index is 12.1. The standard InChI is InChI=1S/C18H22N2O4/c1-13-7-14(2)10-20(9-13)17(21)11-24-18(22)12-23-16-5-3-15(8-19)4-6-16/h3-6,13-14H,7,9-12H2,1-2H3/t13-,14+. The molecule has 1 amide bonds. The summed E-state index contributed by atoms with van der Waals surface area (Å²) in [5, 5.41) is 8.71. The molecular formula is C18H22N2O4. The molecule has 128 valence electrons. The van der Waals surface area contributed by atoms with Gasteiger partial charge in [-0.3, -0.25) is 4.79 Å². The largest absolute Gasteiger partial charge is 0.482 e. The highest BCUT2D eigenvalue weighted by Crippen LogP contribution is 2.20. The van der Waals surface area contributed by atoms with Crippen LogP contribution < -0.4 is 4.74 Å². The SMILES string of the molecule is C[C@@H]1C[C@H](C)CN(C(=O)COC(=O)COc2ccc(C#N)cc2)C1. The van der Waals surface area contributed by atoms with E-state index in [0.29, 0.717) is 36.2 Å². The third-order valence-electron chi connectivity index (χ3n) is 3.92. The minimum absolute atomic E-state index is 0.167. The minimum Gasteiger partial charge on any atom is -0.482 e. The number of likely N-dealkylation sites (tertiary alicyclic amines) is 1. The number of nitrogens with zero attached hydrogens (tertiary/aromatic N) is 2. The summed E-state index contributed by atoms with van der Waals surface area (Å²) in [6.45, 7) is 5.13. The molecule has 0 N–H and O–H groups in total. The van der Waals surface area contributed by atoms with E-state index in [4.69, 9.17) is 14.7 Å². The first-order valence-electron chi connectivity index (χ1n) is 8.04. The fourth-order valence-corrected chi connectivity index (χ4v) is 2.91. The molecule has 0 spiro atoms. The van der Waals surface area contributed by atoms with Crippen molar-refractivity contribution in [3.05, 3.63) is 29.8 Å². The lowest BCUT2D eigenvalue weighted by Crippen LogP contribution is -2.44. The number of benzene rings is 1. The predicted octanol–water partition coefficient (Wildman–Crippen LogP) is 1.98. The van der Waals surface area contributed by atoms with Crippen LogP contribution in [0.2, 0.25) is 0 Å². The van der Waals surface area contributed by atoms with E-state index in [9.17, 15) is 9.59 Å². The van der Waals surface area contributed by atoms with Crippen LogP contribution in [0, 0.1) is 23.2 Å². The van der Waals surface area contributed by atoms with Crippen molar-refractivity contribution < 1.29 is 19.1 Å². The Morgan fingerprint density at radius 3 is 2.38 bits per heavy atom. The van der Waals surface area contributed by atoms with Crippen molar-refractivity contribution in [2.24, 2.45) is 11.8 Å². The fraction of sp³-hybridized carbons (Fsp3) is 0.500. The van der Waals surface area contributed by atoms with Gasteiger partial charge in [0, 0.05) is 13.1 Å². The van der Waals surface area contributed by atoms with Crippen LogP contribution in [0.5, 0.6) is 5.75 Å². The molecule has 1 aromatic rings. The molecule has 1 heterocycles. The molecule has 0 unspecified atom stereocenters. The predicted molar refractivity (Wildman–Crippen MR) is 87.1 cm³/mol. The van der Waals surface area contributed by atoms with Crippen LogP contribution in [-0.4, -0.2) is 43.1 Å². The Morgan fingerprint density at radius 2 is 1.79 bits per heavy atom. The van der Waals surface area contributed by atoms with Crippen molar-refractivity contribution in [3.8, 4) is 11.8 Å². The van der Waals surface area contributed by atoms with Crippen molar-refractivity contribution in [2.75, 3.05) is 26.3 Å². The Balaban J connectivity index is 1.72. The molecule has 2 atom stereocenters. The zero-order chi connectivity index (χ0) is 17.5. The molecule has 1 aliphatic rings. The summed E-state index contributed by atoms with van der Waals surface area (Å²) in [4.78, 5) is 25.6. The van der Waals surface area contributed by atoms with Crippen LogP contribution in [0.3, 0.4) is 0 Å². The highest BCUT2D eigenvalue weighted by molar-refractivity contribution is 5.81. The van der Waals surface area contributed by atoms with Gasteiger partial charge in [0.05, 0.1) is 11.6 Å². The van der Waals surface area contributed by atoms with Gasteiger partial charge in [-0.25, -0.2) is 4.79 Å². The lowest BCUT2D eigenvalue weighted by atomic mass is 9.92. The first-order chi connectivity index (χ1) is 11.5. The summed E-state index contributed by atoms with van der Waals surface area (Å²) in [5.41, 5.74) is 0.514. The molecule has 24 heavy (non-hydrogen) atoms. The maximum Gasteiger partial charge on any atom is 0.344 e. The molecule has 6 nitrogen and oxygen atoms in total. The van der Waals surface area contributed by atoms with Crippen LogP contribution in [0.4, 0.5) is 0 Å². The summed E-state index contributed by atoms with van der Waals surface area (Å²) < 4.78 is 10.3. The highest BCUT2D eigenvalue weighted by Gasteiger charge is 2.25. The van der Waals surface area contributed by atoms with Crippen molar-refractivity contribution in [3.63, 3.8) is 0 Å². The number of carbonyl (C=O) groups excluding carboxylic acids is 2. The Morgan fingerprint density at radius 1 is 1.17 bits per heavy atom. The second-order valence-electron chi connectivity index (χ2n) is 6.33. The van der Waals surface area contributed by atoms with Crippen molar-refractivity contribution in [2.45, 2.75) is 20.3 Å². The zero-order valence-electron chi connectivity index (χ0n) is 14.0. The van der Waals surface area contributed by atoms with Gasteiger partial charge in [0.1, 0.15) is 5.75 Å². The summed E-state index contributed by atoms with van der Waals surface area (Å²) in [6.07, 6.45) is 1.11. The lowest BCUT2D eigenvalue weighted by molar-refractivity contribution is -0.154. The molecule has 1 saturated heterocycles. The number of ether oxygens (including phenoxy) is 2. The number of amides is 1. The molecule has 6 heteroatoms. The molecule has 0 saturated carbocycles. The van der Waals surface area contributed by atoms with Crippen molar-refractivity contribution >= 4 is 11.9 Å². The molecule has 0 radical (unpaired) electrons. The summed E-state index contributed by atoms with van der Waals surface area (Å²) >= 11 is 0. The molecular weight excluding hydrogens is 308 g/mol. The van der Waals surface area contributed by atoms with Gasteiger partial charge in [-0.2, -0.15) is 5.26 Å². The Hall–Kier alpha value is -2.55. The molecule has 1 aliphatic heterocycles. The Kier molecular flexibility index (Phi) is 6.19. The topological polar surface area (TPSA) is 79.6 Å². The quantitative estimate of drug-likeness (QED) is 0.771. The third kappa shape index (κ3) is 5.27. The van der Waals surface area contributed by atoms with E-state index in [1.165, 1.54) is 0 Å². The number of carbonyl (C=O) groups is 2. The fourth-order valence-electron chi connectivity index (χ4n) is 2.91. The summed E-state index contributed by atoms with van der Waals surface area (Å²) in [5.74, 6) is 0.642. The number of nitriles is 1. The monoisotopic (exact) mass is 330 g/mol. The third-order valence-corrected chi connectivity index (χ3v) is 3.92. The summed E-state index contributed by atoms with van der Waals surface area (Å²) in [7, 11) is 0. The van der Waals surface area contributed by atoms with E-state index in [0.717, 1.165) is 6.42 Å². The number of rotatable bonds is 5. The second-order valence-corrected chi connectivity index (χ2v) is 6.33. The van der Waals surface area contributed by atoms with E-state index in [1.54, 1.807) is 29.2 Å². The average Bonchev–Trinajstić information content (AvgIpc) is 2.57. The normalized spacial score (nSPS) is 20.1. The molecule has 1 fully saturated rings. The smallest absolute Gasteiger partial charge is 0.344 e. The van der Waals surface area contributed by atoms with E-state index in [2.05, 4.69) is 13.8 Å². The second kappa shape index (κ2) is 8.34. The van der Waals surface area contributed by atoms with Gasteiger partial charge in [-0.15, -0.1) is 0 Å². The zero-order valence-corrected chi connectivity index (χ0v) is 14.0. The van der Waals surface area contributed by atoms with Gasteiger partial charge in [0.15, 0.2) is 13.2 Å². The maximum absolute atomic E-state index is 12.1. The molecule has 0 bridgehead atoms. The van der Waals surface area contributed by atoms with E-state index < -0.39 is 5.97 Å². The minimum atomic E-state index is -0.592. The summed E-state index contributed by atoms with van der Waals surface area (Å²) in [6, 6.07) is 8.41. The average molecular weight is 330 g/mol. The first kappa shape index (κ1) is 17.8. The van der Waals surface area contributed by atoms with Crippen molar-refractivity contribution in [1.29, 1.82) is 5.26 Å².